The van der Waals surface area contributed by atoms with E-state index in [-0.39, 0.29) is 17.8 Å². The van der Waals surface area contributed by atoms with Gasteiger partial charge < -0.3 is 14.8 Å². The van der Waals surface area contributed by atoms with Gasteiger partial charge in [-0.25, -0.2) is 20.0 Å². The quantitative estimate of drug-likeness (QED) is 0.419. The van der Waals surface area contributed by atoms with Crippen LogP contribution in [-0.2, 0) is 9.47 Å². The summed E-state index contributed by atoms with van der Waals surface area (Å²) in [6, 6.07) is 3.44. The molecule has 0 aliphatic carbocycles. The molecule has 0 saturated carbocycles. The number of hydrazine groups is 1. The standard InChI is InChI=1S/C23H38N6O4.C2H6/c1-16(2)15-29(19-11-13-25-18(14-24)27-19)28-21(31)33-23(7,8)12-9-10-17(3)26-20(30)32-22(4,5)6;1-2/h11,13,16-17H,9-10,12,15H2,1-8H3,(H,26,30)(H,28,31);1-2H3. The van der Waals surface area contributed by atoms with Gasteiger partial charge in [0.05, 0.1) is 0 Å². The van der Waals surface area contributed by atoms with Crippen molar-refractivity contribution >= 4 is 18.0 Å². The minimum atomic E-state index is -0.720. The van der Waals surface area contributed by atoms with Gasteiger partial charge in [-0.1, -0.05) is 27.7 Å². The molecule has 0 saturated heterocycles. The van der Waals surface area contributed by atoms with Crippen molar-refractivity contribution < 1.29 is 19.1 Å². The number of carbonyl (C=O) groups is 2. The highest BCUT2D eigenvalue weighted by molar-refractivity contribution is 5.70. The number of amides is 2. The molecule has 1 rings (SSSR count). The average molecular weight is 493 g/mol. The van der Waals surface area contributed by atoms with E-state index < -0.39 is 23.4 Å². The molecule has 198 valence electrons. The van der Waals surface area contributed by atoms with E-state index in [1.807, 2.05) is 75.3 Å². The number of rotatable bonds is 10. The smallest absolute Gasteiger partial charge is 0.426 e. The minimum absolute atomic E-state index is 0.0193. The molecule has 10 heteroatoms. The van der Waals surface area contributed by atoms with Gasteiger partial charge in [0.1, 0.15) is 17.3 Å². The first-order chi connectivity index (χ1) is 16.2. The van der Waals surface area contributed by atoms with Crippen LogP contribution in [0.5, 0.6) is 0 Å². The molecule has 1 heterocycles. The summed E-state index contributed by atoms with van der Waals surface area (Å²) in [5.41, 5.74) is 1.46. The van der Waals surface area contributed by atoms with Gasteiger partial charge in [-0.2, -0.15) is 10.2 Å². The summed E-state index contributed by atoms with van der Waals surface area (Å²) in [4.78, 5) is 32.5. The molecule has 10 nitrogen and oxygen atoms in total. The van der Waals surface area contributed by atoms with Crippen LogP contribution in [-0.4, -0.2) is 45.9 Å². The van der Waals surface area contributed by atoms with E-state index in [9.17, 15) is 9.59 Å². The van der Waals surface area contributed by atoms with E-state index in [2.05, 4.69) is 20.7 Å². The third kappa shape index (κ3) is 14.7. The molecule has 1 unspecified atom stereocenters. The van der Waals surface area contributed by atoms with Crippen LogP contribution in [0.3, 0.4) is 0 Å². The van der Waals surface area contributed by atoms with E-state index in [1.165, 1.54) is 6.20 Å². The first-order valence-corrected chi connectivity index (χ1v) is 12.2. The predicted molar refractivity (Wildman–Crippen MR) is 137 cm³/mol. The van der Waals surface area contributed by atoms with Gasteiger partial charge in [0, 0.05) is 24.8 Å². The topological polar surface area (TPSA) is 129 Å². The van der Waals surface area contributed by atoms with Gasteiger partial charge >= 0.3 is 12.2 Å². The Labute approximate surface area is 210 Å². The molecule has 35 heavy (non-hydrogen) atoms. The molecule has 0 spiro atoms. The number of aromatic nitrogens is 2. The summed E-state index contributed by atoms with van der Waals surface area (Å²) >= 11 is 0. The Balaban J connectivity index is 0.00000562. The highest BCUT2D eigenvalue weighted by Gasteiger charge is 2.25. The van der Waals surface area contributed by atoms with Gasteiger partial charge in [0.15, 0.2) is 5.82 Å². The molecule has 0 aliphatic rings. The number of alkyl carbamates (subject to hydrolysis) is 1. The fraction of sp³-hybridized carbons (Fsp3) is 0.720. The fourth-order valence-electron chi connectivity index (χ4n) is 2.96. The third-order valence-electron chi connectivity index (χ3n) is 4.34. The van der Waals surface area contributed by atoms with E-state index in [0.717, 1.165) is 6.42 Å². The summed E-state index contributed by atoms with van der Waals surface area (Å²) < 4.78 is 10.9. The van der Waals surface area contributed by atoms with Crippen LogP contribution >= 0.6 is 0 Å². The van der Waals surface area contributed by atoms with Crippen molar-refractivity contribution in [1.82, 2.24) is 20.7 Å². The number of anilines is 1. The Morgan fingerprint density at radius 2 is 1.74 bits per heavy atom. The van der Waals surface area contributed by atoms with E-state index in [1.54, 1.807) is 11.1 Å². The molecule has 0 fully saturated rings. The van der Waals surface area contributed by atoms with Crippen molar-refractivity contribution in [2.75, 3.05) is 11.6 Å². The zero-order valence-corrected chi connectivity index (χ0v) is 23.1. The Morgan fingerprint density at radius 3 is 2.29 bits per heavy atom. The lowest BCUT2D eigenvalue weighted by atomic mass is 9.99. The SMILES string of the molecule is CC.CC(C)CN(NC(=O)OC(C)(C)CCCC(C)NC(=O)OC(C)(C)C)c1ccnc(C#N)n1. The largest absolute Gasteiger partial charge is 0.444 e. The Kier molecular flexibility index (Phi) is 13.7. The van der Waals surface area contributed by atoms with E-state index in [4.69, 9.17) is 14.7 Å². The number of nitrogens with zero attached hydrogens (tertiary/aromatic N) is 4. The van der Waals surface area contributed by atoms with Crippen LogP contribution < -0.4 is 15.8 Å². The van der Waals surface area contributed by atoms with Crippen LogP contribution in [0.1, 0.15) is 94.3 Å². The lowest BCUT2D eigenvalue weighted by Gasteiger charge is -2.30. The zero-order valence-electron chi connectivity index (χ0n) is 23.1. The van der Waals surface area contributed by atoms with Crippen LogP contribution in [0.4, 0.5) is 15.4 Å². The second kappa shape index (κ2) is 15.0. The summed E-state index contributed by atoms with van der Waals surface area (Å²) in [7, 11) is 0. The molecule has 1 aromatic rings. The summed E-state index contributed by atoms with van der Waals surface area (Å²) in [5, 5.41) is 13.4. The molecule has 2 N–H and O–H groups in total. The Bertz CT molecular complexity index is 830. The molecular weight excluding hydrogens is 448 g/mol. The first kappa shape index (κ1) is 31.9. The molecule has 1 aromatic heterocycles. The van der Waals surface area contributed by atoms with Crippen molar-refractivity contribution in [2.45, 2.75) is 106 Å². The third-order valence-corrected chi connectivity index (χ3v) is 4.34. The van der Waals surface area contributed by atoms with Crippen molar-refractivity contribution in [3.8, 4) is 6.07 Å². The van der Waals surface area contributed by atoms with Crippen LogP contribution in [0.25, 0.3) is 0 Å². The average Bonchev–Trinajstić information content (AvgIpc) is 2.72. The predicted octanol–water partition coefficient (Wildman–Crippen LogP) is 5.34. The maximum Gasteiger partial charge on any atom is 0.426 e. The molecule has 2 amide bonds. The fourth-order valence-corrected chi connectivity index (χ4v) is 2.96. The van der Waals surface area contributed by atoms with Gasteiger partial charge in [-0.15, -0.1) is 0 Å². The first-order valence-electron chi connectivity index (χ1n) is 12.2. The van der Waals surface area contributed by atoms with Gasteiger partial charge in [0.2, 0.25) is 5.82 Å². The van der Waals surface area contributed by atoms with Crippen molar-refractivity contribution in [3.05, 3.63) is 18.1 Å². The number of nitrogens with one attached hydrogen (secondary N) is 2. The second-order valence-electron chi connectivity index (χ2n) is 10.1. The normalized spacial score (nSPS) is 11.9. The van der Waals surface area contributed by atoms with Crippen molar-refractivity contribution in [1.29, 1.82) is 5.26 Å². The highest BCUT2D eigenvalue weighted by Crippen LogP contribution is 2.20. The Morgan fingerprint density at radius 1 is 1.11 bits per heavy atom. The van der Waals surface area contributed by atoms with Crippen molar-refractivity contribution in [3.63, 3.8) is 0 Å². The minimum Gasteiger partial charge on any atom is -0.444 e. The van der Waals surface area contributed by atoms with Crippen molar-refractivity contribution in [2.24, 2.45) is 5.92 Å². The van der Waals surface area contributed by atoms with Gasteiger partial charge in [0.25, 0.3) is 0 Å². The molecule has 1 atom stereocenters. The summed E-state index contributed by atoms with van der Waals surface area (Å²) in [5.74, 6) is 0.649. The summed E-state index contributed by atoms with van der Waals surface area (Å²) in [6.45, 7) is 19.5. The van der Waals surface area contributed by atoms with Crippen LogP contribution in [0.2, 0.25) is 0 Å². The maximum atomic E-state index is 12.6. The number of ether oxygens (including phenoxy) is 2. The Hall–Kier alpha value is -3.09. The number of hydrogen-bond donors (Lipinski definition) is 2. The van der Waals surface area contributed by atoms with E-state index >= 15 is 0 Å². The van der Waals surface area contributed by atoms with Gasteiger partial charge in [-0.3, -0.25) is 5.01 Å². The molecule has 0 radical (unpaired) electrons. The number of carbonyl (C=O) groups excluding carboxylic acids is 2. The van der Waals surface area contributed by atoms with Crippen LogP contribution in [0, 0.1) is 17.2 Å². The monoisotopic (exact) mass is 492 g/mol. The van der Waals surface area contributed by atoms with Crippen LogP contribution in [0.15, 0.2) is 12.3 Å². The molecule has 0 aromatic carbocycles. The number of hydrogen-bond acceptors (Lipinski definition) is 8. The lowest BCUT2D eigenvalue weighted by molar-refractivity contribution is 0.0297. The molecule has 0 bridgehead atoms. The second-order valence-corrected chi connectivity index (χ2v) is 10.1. The van der Waals surface area contributed by atoms with E-state index in [0.29, 0.717) is 25.2 Å². The molecular formula is C25H44N6O4. The lowest BCUT2D eigenvalue weighted by Crippen LogP contribution is -2.47. The summed E-state index contributed by atoms with van der Waals surface area (Å²) in [6.07, 6.45) is 2.47. The van der Waals surface area contributed by atoms with Gasteiger partial charge in [-0.05, 0) is 66.7 Å². The number of nitriles is 1. The molecule has 0 aliphatic heterocycles. The highest BCUT2D eigenvalue weighted by atomic mass is 16.6. The zero-order chi connectivity index (χ0) is 27.2. The maximum absolute atomic E-state index is 12.6.